The first kappa shape index (κ1) is 21.0. The highest BCUT2D eigenvalue weighted by Gasteiger charge is 2.48. The molecule has 8 heteroatoms. The van der Waals surface area contributed by atoms with E-state index in [0.29, 0.717) is 10.8 Å². The molecule has 0 saturated heterocycles. The number of phenols is 1. The zero-order valence-corrected chi connectivity index (χ0v) is 16.6. The van der Waals surface area contributed by atoms with Crippen LogP contribution in [0.1, 0.15) is 34.1 Å². The third-order valence-corrected chi connectivity index (χ3v) is 5.77. The molecule has 160 valence electrons. The van der Waals surface area contributed by atoms with Crippen LogP contribution in [0.3, 0.4) is 0 Å². The molecule has 0 saturated carbocycles. The standard InChI is InChI=1S/C23H20O8/c1-10(25)14-7-16-18(23(22(14)30)31-9-12(26)8-24)21(29)15-6-11-4-2-3-5-13(11)19(27)17(15)20(16)28/h2-6,12,14,23-24,26-27H,7-9H2,1H3/t12-,14+,23-/m0/s1. The molecular formula is C23H20O8. The fourth-order valence-electron chi connectivity index (χ4n) is 4.17. The van der Waals surface area contributed by atoms with Gasteiger partial charge in [-0.25, -0.2) is 0 Å². The molecule has 0 bridgehead atoms. The van der Waals surface area contributed by atoms with Gasteiger partial charge in [-0.1, -0.05) is 24.3 Å². The quantitative estimate of drug-likeness (QED) is 0.608. The Kier molecular flexibility index (Phi) is 5.30. The Bertz CT molecular complexity index is 1180. The zero-order valence-electron chi connectivity index (χ0n) is 16.6. The number of phenolic OH excluding ortho intramolecular Hbond substituents is 1. The lowest BCUT2D eigenvalue weighted by molar-refractivity contribution is -0.140. The van der Waals surface area contributed by atoms with Crippen LogP contribution < -0.4 is 0 Å². The molecule has 2 aliphatic rings. The number of aliphatic hydroxyl groups excluding tert-OH is 2. The molecule has 0 aliphatic heterocycles. The first-order valence-electron chi connectivity index (χ1n) is 9.78. The number of fused-ring (bicyclic) bond motifs is 2. The highest BCUT2D eigenvalue weighted by atomic mass is 16.5. The summed E-state index contributed by atoms with van der Waals surface area (Å²) >= 11 is 0. The number of Topliss-reactive ketones (excluding diaryl/α,β-unsaturated/α-hetero) is 4. The fourth-order valence-corrected chi connectivity index (χ4v) is 4.17. The minimum Gasteiger partial charge on any atom is -0.507 e. The lowest BCUT2D eigenvalue weighted by Gasteiger charge is -2.33. The molecule has 2 aliphatic carbocycles. The summed E-state index contributed by atoms with van der Waals surface area (Å²) in [6, 6.07) is 8.20. The average Bonchev–Trinajstić information content (AvgIpc) is 2.75. The molecule has 2 aromatic carbocycles. The number of aliphatic hydroxyl groups is 2. The zero-order chi connectivity index (χ0) is 22.4. The fraction of sp³-hybridized carbons (Fsp3) is 0.304. The molecule has 2 aromatic rings. The van der Waals surface area contributed by atoms with E-state index in [-0.39, 0.29) is 34.4 Å². The van der Waals surface area contributed by atoms with Gasteiger partial charge in [0.15, 0.2) is 17.3 Å². The predicted molar refractivity (Wildman–Crippen MR) is 108 cm³/mol. The maximum Gasteiger partial charge on any atom is 0.194 e. The lowest BCUT2D eigenvalue weighted by Crippen LogP contribution is -2.46. The molecule has 0 fully saturated rings. The Labute approximate surface area is 176 Å². The second kappa shape index (κ2) is 7.81. The first-order chi connectivity index (χ1) is 14.8. The van der Waals surface area contributed by atoms with E-state index in [2.05, 4.69) is 0 Å². The summed E-state index contributed by atoms with van der Waals surface area (Å²) in [6.45, 7) is 0.117. The molecule has 0 aromatic heterocycles. The number of allylic oxidation sites excluding steroid dienone is 1. The van der Waals surface area contributed by atoms with Gasteiger partial charge in [0.05, 0.1) is 24.7 Å². The van der Waals surface area contributed by atoms with Crippen LogP contribution in [0.2, 0.25) is 0 Å². The van der Waals surface area contributed by atoms with Gasteiger partial charge in [0.25, 0.3) is 0 Å². The Morgan fingerprint density at radius 3 is 2.58 bits per heavy atom. The Hall–Kier alpha value is -3.20. The summed E-state index contributed by atoms with van der Waals surface area (Å²) in [7, 11) is 0. The van der Waals surface area contributed by atoms with Crippen molar-refractivity contribution in [2.45, 2.75) is 25.6 Å². The van der Waals surface area contributed by atoms with Crippen molar-refractivity contribution in [2.75, 3.05) is 13.2 Å². The number of rotatable bonds is 5. The third-order valence-electron chi connectivity index (χ3n) is 5.77. The van der Waals surface area contributed by atoms with Crippen molar-refractivity contribution in [3.05, 3.63) is 52.6 Å². The maximum absolute atomic E-state index is 13.4. The van der Waals surface area contributed by atoms with Gasteiger partial charge in [0.2, 0.25) is 0 Å². The summed E-state index contributed by atoms with van der Waals surface area (Å²) < 4.78 is 5.44. The van der Waals surface area contributed by atoms with Crippen molar-refractivity contribution in [1.29, 1.82) is 0 Å². The van der Waals surface area contributed by atoms with E-state index in [0.717, 1.165) is 0 Å². The molecule has 3 atom stereocenters. The van der Waals surface area contributed by atoms with Crippen LogP contribution in [-0.4, -0.2) is 63.9 Å². The van der Waals surface area contributed by atoms with E-state index in [1.165, 1.54) is 13.0 Å². The van der Waals surface area contributed by atoms with E-state index in [9.17, 15) is 29.4 Å². The maximum atomic E-state index is 13.4. The van der Waals surface area contributed by atoms with Crippen LogP contribution in [0.5, 0.6) is 5.75 Å². The number of aromatic hydroxyl groups is 1. The molecule has 3 N–H and O–H groups in total. The molecule has 0 unspecified atom stereocenters. The van der Waals surface area contributed by atoms with Gasteiger partial charge in [-0.15, -0.1) is 0 Å². The van der Waals surface area contributed by atoms with Crippen LogP contribution in [0.15, 0.2) is 41.5 Å². The molecular weight excluding hydrogens is 404 g/mol. The highest BCUT2D eigenvalue weighted by Crippen LogP contribution is 2.43. The largest absolute Gasteiger partial charge is 0.507 e. The number of ketones is 4. The average molecular weight is 424 g/mol. The number of benzene rings is 2. The summed E-state index contributed by atoms with van der Waals surface area (Å²) in [5, 5.41) is 30.3. The third kappa shape index (κ3) is 3.29. The van der Waals surface area contributed by atoms with Crippen molar-refractivity contribution < 1.29 is 39.2 Å². The van der Waals surface area contributed by atoms with Crippen LogP contribution in [0.25, 0.3) is 10.8 Å². The highest BCUT2D eigenvalue weighted by molar-refractivity contribution is 6.32. The van der Waals surface area contributed by atoms with E-state index in [1.807, 2.05) is 0 Å². The number of carbonyl (C=O) groups excluding carboxylic acids is 4. The summed E-state index contributed by atoms with van der Waals surface area (Å²) in [5.74, 6) is -3.96. The van der Waals surface area contributed by atoms with Crippen LogP contribution >= 0.6 is 0 Å². The van der Waals surface area contributed by atoms with Gasteiger partial charge in [0.1, 0.15) is 23.7 Å². The molecule has 0 spiro atoms. The Balaban J connectivity index is 1.89. The molecule has 0 heterocycles. The molecule has 31 heavy (non-hydrogen) atoms. The predicted octanol–water partition coefficient (Wildman–Crippen LogP) is 1.14. The molecule has 0 radical (unpaired) electrons. The van der Waals surface area contributed by atoms with Crippen molar-refractivity contribution in [3.63, 3.8) is 0 Å². The molecule has 0 amide bonds. The van der Waals surface area contributed by atoms with Crippen LogP contribution in [-0.2, 0) is 14.3 Å². The van der Waals surface area contributed by atoms with Gasteiger partial charge in [-0.05, 0) is 24.8 Å². The number of hydrogen-bond donors (Lipinski definition) is 3. The van der Waals surface area contributed by atoms with Gasteiger partial charge < -0.3 is 20.1 Å². The van der Waals surface area contributed by atoms with Gasteiger partial charge in [0, 0.05) is 22.1 Å². The van der Waals surface area contributed by atoms with Gasteiger partial charge in [-0.3, -0.25) is 19.2 Å². The minimum atomic E-state index is -1.53. The molecule has 8 nitrogen and oxygen atoms in total. The lowest BCUT2D eigenvalue weighted by atomic mass is 9.70. The second-order valence-electron chi connectivity index (χ2n) is 7.74. The van der Waals surface area contributed by atoms with Crippen LogP contribution in [0, 0.1) is 5.92 Å². The van der Waals surface area contributed by atoms with E-state index < -0.39 is 54.5 Å². The minimum absolute atomic E-state index is 0.0497. The monoisotopic (exact) mass is 424 g/mol. The Morgan fingerprint density at radius 2 is 1.90 bits per heavy atom. The van der Waals surface area contributed by atoms with E-state index in [1.54, 1.807) is 24.3 Å². The van der Waals surface area contributed by atoms with Crippen molar-refractivity contribution in [3.8, 4) is 5.75 Å². The van der Waals surface area contributed by atoms with Gasteiger partial charge >= 0.3 is 0 Å². The number of hydrogen-bond acceptors (Lipinski definition) is 8. The van der Waals surface area contributed by atoms with Crippen LogP contribution in [0.4, 0.5) is 0 Å². The number of carbonyl (C=O) groups is 4. The Morgan fingerprint density at radius 1 is 1.19 bits per heavy atom. The smallest absolute Gasteiger partial charge is 0.194 e. The van der Waals surface area contributed by atoms with Gasteiger partial charge in [-0.2, -0.15) is 0 Å². The topological polar surface area (TPSA) is 138 Å². The van der Waals surface area contributed by atoms with E-state index in [4.69, 9.17) is 9.84 Å². The summed E-state index contributed by atoms with van der Waals surface area (Å²) in [4.78, 5) is 51.7. The summed E-state index contributed by atoms with van der Waals surface area (Å²) in [6.07, 6.45) is -3.09. The second-order valence-corrected chi connectivity index (χ2v) is 7.74. The molecule has 4 rings (SSSR count). The van der Waals surface area contributed by atoms with Crippen molar-refractivity contribution in [1.82, 2.24) is 0 Å². The van der Waals surface area contributed by atoms with Crippen molar-refractivity contribution >= 4 is 33.9 Å². The first-order valence-corrected chi connectivity index (χ1v) is 9.78. The summed E-state index contributed by atoms with van der Waals surface area (Å²) in [5.41, 5.74) is -0.440. The SMILES string of the molecule is CC(=O)[C@H]1CC2=C(C(=O)c3cc4ccccc4c(O)c3C2=O)[C@H](OC[C@@H](O)CO)C1=O. The van der Waals surface area contributed by atoms with Crippen molar-refractivity contribution in [2.24, 2.45) is 5.92 Å². The number of ether oxygens (including phenoxy) is 1. The normalized spacial score (nSPS) is 21.8. The van der Waals surface area contributed by atoms with E-state index >= 15 is 0 Å².